The molecule has 6 heteroatoms. The normalized spacial score (nSPS) is 10.9. The Hall–Kier alpha value is -2.70. The maximum atomic E-state index is 12.6. The molecule has 0 fully saturated rings. The van der Waals surface area contributed by atoms with Crippen LogP contribution in [0.15, 0.2) is 47.3 Å². The maximum absolute atomic E-state index is 12.6. The van der Waals surface area contributed by atoms with E-state index < -0.39 is 0 Å². The number of nitrogens with zero attached hydrogens (tertiary/aromatic N) is 1. The number of thiocarbonyl (C=S) groups is 1. The highest BCUT2D eigenvalue weighted by Crippen LogP contribution is 2.19. The second kappa shape index (κ2) is 8.54. The van der Waals surface area contributed by atoms with Crippen LogP contribution in [0.5, 0.6) is 0 Å². The molecule has 0 aliphatic carbocycles. The summed E-state index contributed by atoms with van der Waals surface area (Å²) in [7, 11) is 0. The van der Waals surface area contributed by atoms with E-state index in [1.165, 1.54) is 0 Å². The van der Waals surface area contributed by atoms with Gasteiger partial charge in [-0.2, -0.15) is 0 Å². The zero-order valence-corrected chi connectivity index (χ0v) is 17.2. The van der Waals surface area contributed by atoms with E-state index in [4.69, 9.17) is 12.2 Å². The summed E-state index contributed by atoms with van der Waals surface area (Å²) >= 11 is 5.53. The zero-order valence-electron chi connectivity index (χ0n) is 16.4. The number of H-pyrrole nitrogens is 1. The molecule has 0 radical (unpaired) electrons. The van der Waals surface area contributed by atoms with Gasteiger partial charge in [0.15, 0.2) is 5.11 Å². The van der Waals surface area contributed by atoms with E-state index in [0.29, 0.717) is 23.8 Å². The van der Waals surface area contributed by atoms with Gasteiger partial charge in [0.1, 0.15) is 0 Å². The molecule has 0 amide bonds. The van der Waals surface area contributed by atoms with Crippen molar-refractivity contribution in [3.05, 3.63) is 75.1 Å². The van der Waals surface area contributed by atoms with Crippen molar-refractivity contribution in [2.24, 2.45) is 0 Å². The van der Waals surface area contributed by atoms with Crippen LogP contribution in [0.1, 0.15) is 22.3 Å². The average molecular weight is 396 g/mol. The summed E-state index contributed by atoms with van der Waals surface area (Å²) in [6.07, 6.45) is 0. The summed E-state index contributed by atoms with van der Waals surface area (Å²) in [5, 5.41) is 14.1. The van der Waals surface area contributed by atoms with Gasteiger partial charge in [0.25, 0.3) is 5.56 Å². The Morgan fingerprint density at radius 2 is 1.82 bits per heavy atom. The highest BCUT2D eigenvalue weighted by atomic mass is 32.1. The SMILES string of the molecule is Cc1ccc(NC(=S)N(CCO)Cc2cc3cc(C)cc(C)c3[nH]c2=O)cc1. The standard InChI is InChI=1S/C22H25N3O2S/c1-14-4-6-19(7-5-14)23-22(28)25(8-9-26)13-18-12-17-11-15(2)10-16(3)20(17)24-21(18)27/h4-7,10-12,26H,8-9,13H2,1-3H3,(H,23,28)(H,24,27). The zero-order chi connectivity index (χ0) is 20.3. The van der Waals surface area contributed by atoms with Gasteiger partial charge in [-0.05, 0) is 68.2 Å². The molecule has 3 N–H and O–H groups in total. The number of nitrogens with one attached hydrogen (secondary N) is 2. The second-order valence-electron chi connectivity index (χ2n) is 7.11. The minimum Gasteiger partial charge on any atom is -0.395 e. The minimum atomic E-state index is -0.138. The number of fused-ring (bicyclic) bond motifs is 1. The fourth-order valence-electron chi connectivity index (χ4n) is 3.27. The molecule has 0 saturated carbocycles. The number of aliphatic hydroxyl groups is 1. The van der Waals surface area contributed by atoms with Crippen molar-refractivity contribution in [3.8, 4) is 0 Å². The molecule has 0 spiro atoms. The van der Waals surface area contributed by atoms with Crippen LogP contribution in [0.2, 0.25) is 0 Å². The van der Waals surface area contributed by atoms with Crippen molar-refractivity contribution in [3.63, 3.8) is 0 Å². The van der Waals surface area contributed by atoms with Gasteiger partial charge in [0.05, 0.1) is 18.7 Å². The summed E-state index contributed by atoms with van der Waals surface area (Å²) in [6.45, 7) is 6.65. The predicted octanol–water partition coefficient (Wildman–Crippen LogP) is 3.64. The number of aromatic amines is 1. The van der Waals surface area contributed by atoms with Crippen molar-refractivity contribution in [2.75, 3.05) is 18.5 Å². The van der Waals surface area contributed by atoms with Crippen LogP contribution in [-0.2, 0) is 6.54 Å². The number of anilines is 1. The summed E-state index contributed by atoms with van der Waals surface area (Å²) in [5.41, 5.74) is 5.55. The lowest BCUT2D eigenvalue weighted by atomic mass is 10.1. The van der Waals surface area contributed by atoms with Crippen molar-refractivity contribution in [1.82, 2.24) is 9.88 Å². The van der Waals surface area contributed by atoms with Gasteiger partial charge in [0, 0.05) is 17.8 Å². The van der Waals surface area contributed by atoms with Crippen molar-refractivity contribution in [2.45, 2.75) is 27.3 Å². The lowest BCUT2D eigenvalue weighted by Gasteiger charge is -2.25. The Bertz CT molecular complexity index is 1060. The Kier molecular flexibility index (Phi) is 6.11. The minimum absolute atomic E-state index is 0.0561. The third-order valence-corrected chi connectivity index (χ3v) is 5.05. The van der Waals surface area contributed by atoms with E-state index in [1.807, 2.05) is 51.1 Å². The predicted molar refractivity (Wildman–Crippen MR) is 119 cm³/mol. The summed E-state index contributed by atoms with van der Waals surface area (Å²) in [6, 6.07) is 13.9. The Labute approximate surface area is 170 Å². The number of rotatable bonds is 5. The summed E-state index contributed by atoms with van der Waals surface area (Å²) < 4.78 is 0. The maximum Gasteiger partial charge on any atom is 0.253 e. The molecule has 0 bridgehead atoms. The van der Waals surface area contributed by atoms with Crippen molar-refractivity contribution < 1.29 is 5.11 Å². The number of aromatic nitrogens is 1. The van der Waals surface area contributed by atoms with Crippen LogP contribution in [0.4, 0.5) is 5.69 Å². The molecule has 1 heterocycles. The molecule has 5 nitrogen and oxygen atoms in total. The van der Waals surface area contributed by atoms with E-state index in [-0.39, 0.29) is 12.2 Å². The molecule has 0 saturated heterocycles. The largest absolute Gasteiger partial charge is 0.395 e. The lowest BCUT2D eigenvalue weighted by Crippen LogP contribution is -2.37. The van der Waals surface area contributed by atoms with E-state index in [0.717, 1.165) is 33.3 Å². The van der Waals surface area contributed by atoms with E-state index in [1.54, 1.807) is 4.90 Å². The van der Waals surface area contributed by atoms with Crippen LogP contribution in [0, 0.1) is 20.8 Å². The molecule has 0 aliphatic heterocycles. The molecule has 1 aromatic heterocycles. The van der Waals surface area contributed by atoms with Gasteiger partial charge in [-0.15, -0.1) is 0 Å². The molecule has 0 unspecified atom stereocenters. The molecule has 146 valence electrons. The number of hydrogen-bond donors (Lipinski definition) is 3. The lowest BCUT2D eigenvalue weighted by molar-refractivity contribution is 0.248. The van der Waals surface area contributed by atoms with Crippen LogP contribution in [0.25, 0.3) is 10.9 Å². The first-order chi connectivity index (χ1) is 13.4. The topological polar surface area (TPSA) is 68.4 Å². The van der Waals surface area contributed by atoms with Crippen LogP contribution < -0.4 is 10.9 Å². The van der Waals surface area contributed by atoms with Gasteiger partial charge in [-0.25, -0.2) is 0 Å². The van der Waals surface area contributed by atoms with E-state index >= 15 is 0 Å². The number of pyridine rings is 1. The molecule has 28 heavy (non-hydrogen) atoms. The Morgan fingerprint density at radius 3 is 2.50 bits per heavy atom. The van der Waals surface area contributed by atoms with Crippen molar-refractivity contribution >= 4 is 33.9 Å². The molecule has 2 aromatic carbocycles. The molecule has 3 rings (SSSR count). The molecular formula is C22H25N3O2S. The first-order valence-corrected chi connectivity index (χ1v) is 9.65. The monoisotopic (exact) mass is 395 g/mol. The van der Waals surface area contributed by atoms with Crippen LogP contribution in [-0.4, -0.2) is 33.3 Å². The van der Waals surface area contributed by atoms with Gasteiger partial charge in [-0.3, -0.25) is 4.79 Å². The molecule has 3 aromatic rings. The second-order valence-corrected chi connectivity index (χ2v) is 7.50. The first-order valence-electron chi connectivity index (χ1n) is 9.24. The van der Waals surface area contributed by atoms with E-state index in [9.17, 15) is 9.90 Å². The molecule has 0 aliphatic rings. The molecule has 0 atom stereocenters. The fourth-order valence-corrected chi connectivity index (χ4v) is 3.54. The first kappa shape index (κ1) is 20.0. The van der Waals surface area contributed by atoms with Gasteiger partial charge < -0.3 is 20.3 Å². The Balaban J connectivity index is 1.87. The van der Waals surface area contributed by atoms with Crippen LogP contribution in [0.3, 0.4) is 0 Å². The van der Waals surface area contributed by atoms with Gasteiger partial charge in [-0.1, -0.05) is 29.3 Å². The smallest absolute Gasteiger partial charge is 0.253 e. The Morgan fingerprint density at radius 1 is 1.11 bits per heavy atom. The quantitative estimate of drug-likeness (QED) is 0.576. The summed E-state index contributed by atoms with van der Waals surface area (Å²) in [4.78, 5) is 17.4. The number of benzene rings is 2. The van der Waals surface area contributed by atoms with Gasteiger partial charge >= 0.3 is 0 Å². The third-order valence-electron chi connectivity index (χ3n) is 4.69. The number of hydrogen-bond acceptors (Lipinski definition) is 3. The van der Waals surface area contributed by atoms with E-state index in [2.05, 4.69) is 22.4 Å². The highest BCUT2D eigenvalue weighted by molar-refractivity contribution is 7.80. The van der Waals surface area contributed by atoms with Crippen molar-refractivity contribution in [1.29, 1.82) is 0 Å². The van der Waals surface area contributed by atoms with Crippen LogP contribution >= 0.6 is 12.2 Å². The molecular weight excluding hydrogens is 370 g/mol. The fraction of sp³-hybridized carbons (Fsp3) is 0.273. The average Bonchev–Trinajstić information content (AvgIpc) is 2.64. The summed E-state index contributed by atoms with van der Waals surface area (Å²) in [5.74, 6) is 0. The number of aryl methyl sites for hydroxylation is 3. The number of aliphatic hydroxyl groups excluding tert-OH is 1. The van der Waals surface area contributed by atoms with Gasteiger partial charge in [0.2, 0.25) is 0 Å². The third kappa shape index (κ3) is 4.58. The highest BCUT2D eigenvalue weighted by Gasteiger charge is 2.14.